The van der Waals surface area contributed by atoms with Gasteiger partial charge in [0, 0.05) is 17.3 Å². The van der Waals surface area contributed by atoms with E-state index in [1.807, 2.05) is 12.3 Å². The lowest BCUT2D eigenvalue weighted by Crippen LogP contribution is -2.17. The van der Waals surface area contributed by atoms with Gasteiger partial charge in [-0.1, -0.05) is 48.1 Å². The van der Waals surface area contributed by atoms with Gasteiger partial charge in [0.25, 0.3) is 0 Å². The van der Waals surface area contributed by atoms with Crippen LogP contribution in [0.4, 0.5) is 0 Å². The molecule has 0 heterocycles. The van der Waals surface area contributed by atoms with Crippen molar-refractivity contribution in [3.63, 3.8) is 0 Å². The third kappa shape index (κ3) is 4.96. The summed E-state index contributed by atoms with van der Waals surface area (Å²) in [6, 6.07) is 0. The molecule has 1 nitrogen and oxygen atoms in total. The summed E-state index contributed by atoms with van der Waals surface area (Å²) in [5.41, 5.74) is 2.57. The van der Waals surface area contributed by atoms with Crippen LogP contribution in [0.1, 0.15) is 48.5 Å². The molecule has 0 N–H and O–H groups in total. The molecule has 1 heteroatoms. The summed E-state index contributed by atoms with van der Waals surface area (Å²) < 4.78 is 0. The van der Waals surface area contributed by atoms with E-state index in [4.69, 9.17) is 0 Å². The van der Waals surface area contributed by atoms with Crippen LogP contribution in [0.25, 0.3) is 0 Å². The number of hydrogen-bond acceptors (Lipinski definition) is 1. The van der Waals surface area contributed by atoms with Gasteiger partial charge in [-0.15, -0.1) is 0 Å². The predicted octanol–water partition coefficient (Wildman–Crippen LogP) is 4.61. The molecule has 0 aliphatic rings. The van der Waals surface area contributed by atoms with Gasteiger partial charge in [0.15, 0.2) is 0 Å². The van der Waals surface area contributed by atoms with E-state index in [1.165, 1.54) is 5.57 Å². The maximum Gasteiger partial charge on any atom is 0.0451 e. The van der Waals surface area contributed by atoms with Crippen LogP contribution >= 0.6 is 0 Å². The quantitative estimate of drug-likeness (QED) is 0.586. The molecule has 0 atom stereocenters. The van der Waals surface area contributed by atoms with Crippen LogP contribution in [0, 0.1) is 10.8 Å². The maximum atomic E-state index is 4.52. The Bertz CT molecular complexity index is 279. The number of nitrogens with zero attached hydrogens (tertiary/aromatic N) is 1. The second-order valence-electron chi connectivity index (χ2n) is 6.03. The molecule has 0 amide bonds. The lowest BCUT2D eigenvalue weighted by atomic mass is 9.88. The van der Waals surface area contributed by atoms with Crippen molar-refractivity contribution in [1.82, 2.24) is 0 Å². The molecule has 0 unspecified atom stereocenters. The SMILES string of the molecule is C=C/C(=N\C=C(/C)C(C)(C)C)C(C)(C)C. The highest BCUT2D eigenvalue weighted by Crippen LogP contribution is 2.25. The summed E-state index contributed by atoms with van der Waals surface area (Å²) in [7, 11) is 0. The van der Waals surface area contributed by atoms with E-state index in [-0.39, 0.29) is 10.8 Å². The average Bonchev–Trinajstić information content (AvgIpc) is 2.00. The second kappa shape index (κ2) is 4.78. The molecule has 0 aromatic carbocycles. The summed E-state index contributed by atoms with van der Waals surface area (Å²) in [5.74, 6) is 0. The summed E-state index contributed by atoms with van der Waals surface area (Å²) >= 11 is 0. The Labute approximate surface area is 95.0 Å². The topological polar surface area (TPSA) is 12.4 Å². The Hall–Kier alpha value is -0.850. The lowest BCUT2D eigenvalue weighted by Gasteiger charge is -2.20. The van der Waals surface area contributed by atoms with E-state index in [0.29, 0.717) is 0 Å². The third-order valence-electron chi connectivity index (χ3n) is 2.54. The molecule has 0 fully saturated rings. The molecular formula is C14H25N. The van der Waals surface area contributed by atoms with E-state index in [1.54, 1.807) is 0 Å². The smallest absolute Gasteiger partial charge is 0.0451 e. The molecule has 0 aliphatic heterocycles. The number of rotatable bonds is 2. The first kappa shape index (κ1) is 14.2. The average molecular weight is 207 g/mol. The molecule has 0 aliphatic carbocycles. The Kier molecular flexibility index (Phi) is 4.51. The van der Waals surface area contributed by atoms with Crippen molar-refractivity contribution in [1.29, 1.82) is 0 Å². The highest BCUT2D eigenvalue weighted by molar-refractivity contribution is 5.98. The second-order valence-corrected chi connectivity index (χ2v) is 6.03. The van der Waals surface area contributed by atoms with Crippen LogP contribution in [0.2, 0.25) is 0 Å². The molecule has 0 saturated heterocycles. The Morgan fingerprint density at radius 2 is 1.47 bits per heavy atom. The zero-order valence-electron chi connectivity index (χ0n) is 11.3. The van der Waals surface area contributed by atoms with Gasteiger partial charge in [-0.05, 0) is 24.0 Å². The molecule has 86 valence electrons. The first-order valence-corrected chi connectivity index (χ1v) is 5.47. The Balaban J connectivity index is 4.99. The summed E-state index contributed by atoms with van der Waals surface area (Å²) in [4.78, 5) is 4.52. The Morgan fingerprint density at radius 1 is 1.00 bits per heavy atom. The first-order valence-electron chi connectivity index (χ1n) is 5.47. The van der Waals surface area contributed by atoms with Gasteiger partial charge in [-0.2, -0.15) is 0 Å². The molecular weight excluding hydrogens is 182 g/mol. The fourth-order valence-electron chi connectivity index (χ4n) is 0.913. The summed E-state index contributed by atoms with van der Waals surface area (Å²) in [6.07, 6.45) is 3.80. The van der Waals surface area contributed by atoms with Crippen molar-refractivity contribution in [2.24, 2.45) is 15.8 Å². The van der Waals surface area contributed by atoms with Gasteiger partial charge in [0.2, 0.25) is 0 Å². The summed E-state index contributed by atoms with van der Waals surface area (Å²) in [5, 5.41) is 0. The monoisotopic (exact) mass is 207 g/mol. The third-order valence-corrected chi connectivity index (χ3v) is 2.54. The van der Waals surface area contributed by atoms with Gasteiger partial charge in [0.05, 0.1) is 0 Å². The molecule has 0 radical (unpaired) electrons. The minimum absolute atomic E-state index is 0.0659. The fraction of sp³-hybridized carbons (Fsp3) is 0.643. The zero-order valence-corrected chi connectivity index (χ0v) is 11.3. The van der Waals surface area contributed by atoms with E-state index in [0.717, 1.165) is 5.71 Å². The standard InChI is InChI=1S/C14H25N/c1-9-12(14(6,7)8)15-10-11(2)13(3,4)5/h9-10H,1H2,2-8H3/b11-10+,15-12+. The van der Waals surface area contributed by atoms with E-state index in [9.17, 15) is 0 Å². The van der Waals surface area contributed by atoms with Gasteiger partial charge < -0.3 is 0 Å². The minimum Gasteiger partial charge on any atom is -0.261 e. The van der Waals surface area contributed by atoms with E-state index >= 15 is 0 Å². The lowest BCUT2D eigenvalue weighted by molar-refractivity contribution is 0.502. The van der Waals surface area contributed by atoms with Crippen LogP contribution in [0.5, 0.6) is 0 Å². The molecule has 0 spiro atoms. The van der Waals surface area contributed by atoms with Crippen LogP contribution in [-0.2, 0) is 0 Å². The van der Waals surface area contributed by atoms with Crippen molar-refractivity contribution in [3.8, 4) is 0 Å². The van der Waals surface area contributed by atoms with Crippen molar-refractivity contribution in [2.45, 2.75) is 48.5 Å². The van der Waals surface area contributed by atoms with Crippen LogP contribution in [0.3, 0.4) is 0 Å². The first-order chi connectivity index (χ1) is 6.59. The minimum atomic E-state index is 0.0659. The van der Waals surface area contributed by atoms with Gasteiger partial charge in [-0.3, -0.25) is 4.99 Å². The van der Waals surface area contributed by atoms with Crippen molar-refractivity contribution in [3.05, 3.63) is 24.4 Å². The van der Waals surface area contributed by atoms with Gasteiger partial charge in [0.1, 0.15) is 0 Å². The van der Waals surface area contributed by atoms with Gasteiger partial charge >= 0.3 is 0 Å². The number of allylic oxidation sites excluding steroid dienone is 2. The normalized spacial score (nSPS) is 15.4. The van der Waals surface area contributed by atoms with Crippen molar-refractivity contribution in [2.75, 3.05) is 0 Å². The molecule has 0 rings (SSSR count). The number of aliphatic imine (C=N–C) groups is 1. The highest BCUT2D eigenvalue weighted by Gasteiger charge is 2.16. The van der Waals surface area contributed by atoms with E-state index in [2.05, 4.69) is 60.0 Å². The molecule has 0 aromatic rings. The molecule has 0 bridgehead atoms. The van der Waals surface area contributed by atoms with Crippen LogP contribution in [-0.4, -0.2) is 5.71 Å². The zero-order chi connectivity index (χ0) is 12.3. The fourth-order valence-corrected chi connectivity index (χ4v) is 0.913. The molecule has 0 aromatic heterocycles. The number of hydrogen-bond donors (Lipinski definition) is 0. The summed E-state index contributed by atoms with van der Waals surface area (Å²) in [6.45, 7) is 18.9. The Morgan fingerprint density at radius 3 is 1.73 bits per heavy atom. The van der Waals surface area contributed by atoms with Crippen molar-refractivity contribution < 1.29 is 0 Å². The largest absolute Gasteiger partial charge is 0.261 e. The molecule has 0 saturated carbocycles. The highest BCUT2D eigenvalue weighted by atomic mass is 14.7. The maximum absolute atomic E-state index is 4.52. The van der Waals surface area contributed by atoms with Crippen LogP contribution in [0.15, 0.2) is 29.4 Å². The van der Waals surface area contributed by atoms with Crippen LogP contribution < -0.4 is 0 Å². The van der Waals surface area contributed by atoms with Crippen molar-refractivity contribution >= 4 is 5.71 Å². The predicted molar refractivity (Wildman–Crippen MR) is 70.3 cm³/mol. The van der Waals surface area contributed by atoms with E-state index < -0.39 is 0 Å². The van der Waals surface area contributed by atoms with Gasteiger partial charge in [-0.25, -0.2) is 0 Å². The molecule has 15 heavy (non-hydrogen) atoms.